The van der Waals surface area contributed by atoms with Gasteiger partial charge in [0, 0.05) is 51.6 Å². The van der Waals surface area contributed by atoms with Crippen LogP contribution < -0.4 is 92.5 Å². The highest BCUT2D eigenvalue weighted by Gasteiger charge is 2.38. The van der Waals surface area contributed by atoms with Gasteiger partial charge in [-0.25, -0.2) is 4.79 Å². The third-order valence-electron chi connectivity index (χ3n) is 17.6. The summed E-state index contributed by atoms with van der Waals surface area (Å²) in [6, 6.07) is -9.62. The number of carboxylic acid groups (broad SMARTS) is 5. The Balaban J connectivity index is 3.65. The van der Waals surface area contributed by atoms with E-state index in [-0.39, 0.29) is 82.8 Å². The van der Waals surface area contributed by atoms with Crippen molar-refractivity contribution >= 4 is 119 Å². The second kappa shape index (κ2) is 53.2. The molecule has 42 nitrogen and oxygen atoms in total. The number of carboxylic acids is 5. The van der Waals surface area contributed by atoms with Gasteiger partial charge in [-0.2, -0.15) is 0 Å². The number of nitrogens with two attached hydrogens (primary N) is 5. The van der Waals surface area contributed by atoms with E-state index in [0.717, 1.165) is 0 Å². The molecule has 0 aliphatic heterocycles. The molecule has 42 heteroatoms. The molecule has 0 radical (unpaired) electrons. The maximum Gasteiger partial charge on any atom is 0.326 e. The van der Waals surface area contributed by atoms with Gasteiger partial charge in [0.15, 0.2) is 11.9 Å². The van der Waals surface area contributed by atoms with E-state index in [2.05, 4.69) is 73.8 Å². The first kappa shape index (κ1) is 99.2. The lowest BCUT2D eigenvalue weighted by Gasteiger charge is -2.29. The van der Waals surface area contributed by atoms with Crippen molar-refractivity contribution in [3.8, 4) is 0 Å². The van der Waals surface area contributed by atoms with Crippen molar-refractivity contribution in [1.29, 1.82) is 0 Å². The minimum atomic E-state index is -1.99. The van der Waals surface area contributed by atoms with E-state index in [0.29, 0.717) is 37.7 Å². The number of guanidine groups is 2. The van der Waals surface area contributed by atoms with E-state index in [1.54, 1.807) is 65.0 Å². The zero-order valence-electron chi connectivity index (χ0n) is 64.8. The van der Waals surface area contributed by atoms with Gasteiger partial charge < -0.3 is 118 Å². The molecule has 1 aromatic rings. The maximum atomic E-state index is 14.7. The minimum Gasteiger partial charge on any atom is -0.481 e. The number of aliphatic carboxylic acids is 5. The van der Waals surface area contributed by atoms with Crippen LogP contribution in [0.1, 0.15) is 182 Å². The number of carbonyl (C=O) groups excluding carboxylic acids is 13. The topological polar surface area (TPSA) is 708 Å². The van der Waals surface area contributed by atoms with E-state index >= 15 is 0 Å². The lowest BCUT2D eigenvalue weighted by atomic mass is 9.97. The van der Waals surface area contributed by atoms with Crippen molar-refractivity contribution < 1.29 is 112 Å². The van der Waals surface area contributed by atoms with Crippen LogP contribution in [0, 0.1) is 17.8 Å². The zero-order chi connectivity index (χ0) is 85.6. The van der Waals surface area contributed by atoms with Crippen molar-refractivity contribution in [2.45, 2.75) is 250 Å². The number of hydrogen-bond acceptors (Lipinski definition) is 20. The summed E-state index contributed by atoms with van der Waals surface area (Å²) in [5.74, 6) is -22.5. The maximum absolute atomic E-state index is 14.7. The van der Waals surface area contributed by atoms with Gasteiger partial charge in [-0.05, 0) is 94.4 Å². The quantitative estimate of drug-likeness (QED) is 0.0168. The molecule has 0 aliphatic rings. The summed E-state index contributed by atoms with van der Waals surface area (Å²) in [7, 11) is 0. The zero-order valence-corrected chi connectivity index (χ0v) is 64.8. The molecule has 0 heterocycles. The van der Waals surface area contributed by atoms with Gasteiger partial charge in [0.05, 0.1) is 13.0 Å². The number of primary amides is 1. The van der Waals surface area contributed by atoms with Crippen LogP contribution in [0.3, 0.4) is 0 Å². The van der Waals surface area contributed by atoms with Crippen LogP contribution in [-0.4, -0.2) is 230 Å². The summed E-state index contributed by atoms with van der Waals surface area (Å²) >= 11 is 0. The average molecular weight is 1600 g/mol. The molecule has 0 bridgehead atoms. The Bertz CT molecular complexity index is 3460. The Morgan fingerprint density at radius 1 is 0.372 bits per heavy atom. The Kier molecular flexibility index (Phi) is 46.7. The number of aliphatic imine (C=N–C) groups is 2. The van der Waals surface area contributed by atoms with Gasteiger partial charge in [-0.1, -0.05) is 97.6 Å². The first-order valence-corrected chi connectivity index (χ1v) is 37.2. The van der Waals surface area contributed by atoms with Crippen LogP contribution in [0.25, 0.3) is 0 Å². The third-order valence-corrected chi connectivity index (χ3v) is 17.6. The molecule has 1 rings (SSSR count). The number of nitrogens with one attached hydrogen (secondary N) is 12. The number of hydrogen-bond donors (Lipinski definition) is 22. The Morgan fingerprint density at radius 2 is 0.770 bits per heavy atom. The van der Waals surface area contributed by atoms with E-state index < -0.39 is 242 Å². The first-order valence-electron chi connectivity index (χ1n) is 37.2. The standard InChI is InChI=1S/C71H115N19O23/c1-8-38(5)57(67(110)79-36-52(93)81-48(35-56(100)101)66(109)86-46(27-30-55(98)99)63(106)88-49(69(112)113)34-41-19-13-12-14-20-41)90-64(107)43(22-18-32-78-71(75)76)83-60(103)42(21-17-31-77-70(73)74)84-65(108)47(33-37(3)4)87-62(105)45(26-29-54(96)97)85-61(104)44(25-28-50(72)91)82-59(102)40(7)80-68(111)58(39(6)9-2)89-51(92)23-15-10-11-16-24-53(94)95/h12-14,19-20,37-40,42-49,57-58H,8-11,15-18,21-36H2,1-7H3,(H2,72,91)(H,79,110)(H,80,111)(H,81,93)(H,82,102)(H,83,103)(H,84,108)(H,85,104)(H,86,109)(H,87,105)(H,88,106)(H,89,92)(H,90,107)(H,94,95)(H,96,97)(H,98,99)(H,100,101)(H,112,113)(H4,73,74,77)(H4,75,76,78)/t38-,39-,40-,42-,43-,44-,45-,46-,47-,48-,49-,57-,58-/m0/s1. The SMILES string of the molecule is CC[C@H](C)[C@H](NC(=O)CCCCCCC(=O)O)C(=O)N[C@@H](C)C(=O)N[C@@H](CCC(N)=O)C(=O)N[C@@H](CCC(=O)O)C(=O)N[C@@H](CC(C)C)C(=O)N[C@@H](CCCN=C(N)N)C(=O)N[C@@H](CCCN=C(N)N)C(=O)N[C@H](C(=O)NCC(=O)N[C@@H](CC(=O)O)C(=O)N[C@@H](CCC(=O)O)C(=O)N[C@@H](Cc1ccccc1)C(=O)O)[C@@H](C)CC. The second-order valence-electron chi connectivity index (χ2n) is 27.6. The van der Waals surface area contributed by atoms with Crippen molar-refractivity contribution in [2.75, 3.05) is 19.6 Å². The number of carbonyl (C=O) groups is 18. The fraction of sp³-hybridized carbons (Fsp3) is 0.634. The number of benzene rings is 1. The molecular weight excluding hydrogens is 1490 g/mol. The van der Waals surface area contributed by atoms with E-state index in [1.165, 1.54) is 13.8 Å². The molecule has 0 saturated heterocycles. The van der Waals surface area contributed by atoms with Crippen LogP contribution in [0.5, 0.6) is 0 Å². The molecule has 0 unspecified atom stereocenters. The minimum absolute atomic E-state index is 0.0198. The predicted octanol–water partition coefficient (Wildman–Crippen LogP) is -4.08. The second-order valence-corrected chi connectivity index (χ2v) is 27.6. The lowest BCUT2D eigenvalue weighted by molar-refractivity contribution is -0.143. The molecule has 0 fully saturated rings. The summed E-state index contributed by atoms with van der Waals surface area (Å²) in [5.41, 5.74) is 28.1. The molecule has 0 aromatic heterocycles. The predicted molar refractivity (Wildman–Crippen MR) is 406 cm³/mol. The van der Waals surface area contributed by atoms with Crippen molar-refractivity contribution in [2.24, 2.45) is 56.4 Å². The van der Waals surface area contributed by atoms with Gasteiger partial charge in [-0.15, -0.1) is 0 Å². The molecule has 13 amide bonds. The highest BCUT2D eigenvalue weighted by molar-refractivity contribution is 6.00. The van der Waals surface area contributed by atoms with E-state index in [9.17, 15) is 107 Å². The highest BCUT2D eigenvalue weighted by Crippen LogP contribution is 2.16. The van der Waals surface area contributed by atoms with E-state index in [4.69, 9.17) is 33.8 Å². The summed E-state index contributed by atoms with van der Waals surface area (Å²) < 4.78 is 0. The van der Waals surface area contributed by atoms with E-state index in [1.807, 2.05) is 0 Å². The fourth-order valence-corrected chi connectivity index (χ4v) is 11.0. The van der Waals surface area contributed by atoms with Crippen molar-refractivity contribution in [3.63, 3.8) is 0 Å². The van der Waals surface area contributed by atoms with Crippen LogP contribution in [0.4, 0.5) is 0 Å². The summed E-state index contributed by atoms with van der Waals surface area (Å²) in [6.45, 7) is 9.98. The number of amides is 13. The van der Waals surface area contributed by atoms with Crippen LogP contribution >= 0.6 is 0 Å². The van der Waals surface area contributed by atoms with Crippen molar-refractivity contribution in [3.05, 3.63) is 35.9 Å². The van der Waals surface area contributed by atoms with Gasteiger partial charge in [0.1, 0.15) is 66.5 Å². The third kappa shape index (κ3) is 42.3. The average Bonchev–Trinajstić information content (AvgIpc) is 0.859. The Hall–Kier alpha value is -11.8. The molecule has 1 aromatic carbocycles. The number of rotatable bonds is 58. The summed E-state index contributed by atoms with van der Waals surface area (Å²) in [6.07, 6.45) is -3.34. The molecule has 113 heavy (non-hydrogen) atoms. The first-order chi connectivity index (χ1) is 53.1. The van der Waals surface area contributed by atoms with Crippen molar-refractivity contribution in [1.82, 2.24) is 63.8 Å². The summed E-state index contributed by atoms with van der Waals surface area (Å²) in [5, 5.41) is 76.8. The molecule has 0 aliphatic carbocycles. The van der Waals surface area contributed by atoms with Gasteiger partial charge >= 0.3 is 29.8 Å². The van der Waals surface area contributed by atoms with Gasteiger partial charge in [0.25, 0.3) is 0 Å². The largest absolute Gasteiger partial charge is 0.481 e. The van der Waals surface area contributed by atoms with Gasteiger partial charge in [-0.3, -0.25) is 91.5 Å². The summed E-state index contributed by atoms with van der Waals surface area (Å²) in [4.78, 5) is 246. The molecule has 0 spiro atoms. The fourth-order valence-electron chi connectivity index (χ4n) is 11.0. The molecular formula is C71H115N19O23. The molecule has 27 N–H and O–H groups in total. The number of unbranched alkanes of at least 4 members (excludes halogenated alkanes) is 3. The highest BCUT2D eigenvalue weighted by atomic mass is 16.4. The Labute approximate surface area is 653 Å². The van der Waals surface area contributed by atoms with Crippen LogP contribution in [0.15, 0.2) is 40.3 Å². The monoisotopic (exact) mass is 1600 g/mol. The Morgan fingerprint density at radius 3 is 1.19 bits per heavy atom. The lowest BCUT2D eigenvalue weighted by Crippen LogP contribution is -2.60. The van der Waals surface area contributed by atoms with Crippen LogP contribution in [-0.2, 0) is 92.7 Å². The van der Waals surface area contributed by atoms with Gasteiger partial charge in [0.2, 0.25) is 76.8 Å². The normalized spacial score (nSPS) is 14.4. The van der Waals surface area contributed by atoms with Crippen LogP contribution in [0.2, 0.25) is 0 Å². The molecule has 0 saturated carbocycles. The smallest absolute Gasteiger partial charge is 0.326 e. The number of nitrogens with zero attached hydrogens (tertiary/aromatic N) is 2. The molecule has 13 atom stereocenters. The molecule has 632 valence electrons.